The Labute approximate surface area is 159 Å². The summed E-state index contributed by atoms with van der Waals surface area (Å²) in [6, 6.07) is 7.78. The Morgan fingerprint density at radius 1 is 1.15 bits per heavy atom. The second-order valence-corrected chi connectivity index (χ2v) is 8.14. The number of benzene rings is 1. The summed E-state index contributed by atoms with van der Waals surface area (Å²) in [6.45, 7) is 3.00. The Balaban J connectivity index is 1.65. The van der Waals surface area contributed by atoms with Gasteiger partial charge < -0.3 is 4.98 Å². The van der Waals surface area contributed by atoms with Gasteiger partial charge in [-0.2, -0.15) is 0 Å². The van der Waals surface area contributed by atoms with Gasteiger partial charge in [-0.25, -0.2) is 9.78 Å². The van der Waals surface area contributed by atoms with Crippen LogP contribution in [0.4, 0.5) is 0 Å². The molecule has 0 atom stereocenters. The number of nitrogens with one attached hydrogen (secondary N) is 1. The van der Waals surface area contributed by atoms with Crippen molar-refractivity contribution in [1.82, 2.24) is 19.1 Å². The third kappa shape index (κ3) is 2.49. The van der Waals surface area contributed by atoms with Crippen LogP contribution in [0.1, 0.15) is 36.0 Å². The lowest BCUT2D eigenvalue weighted by Gasteiger charge is -2.04. The third-order valence-corrected chi connectivity index (χ3v) is 6.49. The van der Waals surface area contributed by atoms with E-state index in [1.807, 2.05) is 24.3 Å². The molecule has 7 heteroatoms. The average Bonchev–Trinajstić information content (AvgIpc) is 3.30. The normalized spacial score (nSPS) is 13.7. The fourth-order valence-corrected chi connectivity index (χ4v) is 5.42. The zero-order valence-electron chi connectivity index (χ0n) is 15.1. The molecule has 6 nitrogen and oxygen atoms in total. The molecular formula is C20H20N4O2S. The monoisotopic (exact) mass is 380 g/mol. The summed E-state index contributed by atoms with van der Waals surface area (Å²) in [6.07, 6.45) is 4.00. The molecule has 1 N–H and O–H groups in total. The molecule has 0 aliphatic heterocycles. The van der Waals surface area contributed by atoms with Crippen molar-refractivity contribution < 1.29 is 0 Å². The molecule has 1 aliphatic rings. The van der Waals surface area contributed by atoms with Gasteiger partial charge in [0.25, 0.3) is 5.56 Å². The standard InChI is InChI=1S/C20H20N4O2S/c1-2-10-23-13-7-3-4-8-14(13)24(20(23)26)11-16-21-18(25)17-12-6-5-9-15(12)27-19(17)22-16/h3-4,7-8H,2,5-6,9-11H2,1H3,(H,21,22,25). The summed E-state index contributed by atoms with van der Waals surface area (Å²) in [5.41, 5.74) is 2.82. The average molecular weight is 380 g/mol. The fourth-order valence-electron chi connectivity index (χ4n) is 4.14. The van der Waals surface area contributed by atoms with Crippen molar-refractivity contribution in [3.05, 3.63) is 61.4 Å². The summed E-state index contributed by atoms with van der Waals surface area (Å²) >= 11 is 1.62. The molecule has 138 valence electrons. The van der Waals surface area contributed by atoms with E-state index in [1.165, 1.54) is 10.4 Å². The maximum atomic E-state index is 13.0. The van der Waals surface area contributed by atoms with Gasteiger partial charge in [-0.1, -0.05) is 19.1 Å². The van der Waals surface area contributed by atoms with E-state index in [-0.39, 0.29) is 17.8 Å². The van der Waals surface area contributed by atoms with Crippen molar-refractivity contribution in [3.63, 3.8) is 0 Å². The number of hydrogen-bond donors (Lipinski definition) is 1. The largest absolute Gasteiger partial charge is 0.329 e. The zero-order valence-corrected chi connectivity index (χ0v) is 15.9. The molecule has 0 saturated heterocycles. The zero-order chi connectivity index (χ0) is 18.5. The molecule has 0 fully saturated rings. The Kier molecular flexibility index (Phi) is 3.79. The first kappa shape index (κ1) is 16.5. The molecule has 1 aromatic carbocycles. The van der Waals surface area contributed by atoms with Crippen molar-refractivity contribution >= 4 is 32.6 Å². The molecule has 0 bridgehead atoms. The maximum Gasteiger partial charge on any atom is 0.329 e. The smallest absolute Gasteiger partial charge is 0.308 e. The minimum Gasteiger partial charge on any atom is -0.308 e. The van der Waals surface area contributed by atoms with Gasteiger partial charge in [-0.15, -0.1) is 11.3 Å². The quantitative estimate of drug-likeness (QED) is 0.591. The minimum atomic E-state index is -0.0836. The van der Waals surface area contributed by atoms with Crippen LogP contribution < -0.4 is 11.2 Å². The van der Waals surface area contributed by atoms with E-state index in [2.05, 4.69) is 11.9 Å². The maximum absolute atomic E-state index is 13.0. The van der Waals surface area contributed by atoms with Crippen LogP contribution in [0.15, 0.2) is 33.9 Å². The van der Waals surface area contributed by atoms with Crippen LogP contribution in [0.3, 0.4) is 0 Å². The number of nitrogens with zero attached hydrogens (tertiary/aromatic N) is 3. The van der Waals surface area contributed by atoms with Gasteiger partial charge in [-0.05, 0) is 43.4 Å². The van der Waals surface area contributed by atoms with Crippen LogP contribution in [0.5, 0.6) is 0 Å². The summed E-state index contributed by atoms with van der Waals surface area (Å²) in [7, 11) is 0. The van der Waals surface area contributed by atoms with Crippen molar-refractivity contribution in [2.45, 2.75) is 45.7 Å². The summed E-state index contributed by atoms with van der Waals surface area (Å²) in [5.74, 6) is 0.536. The first-order valence-corrected chi connectivity index (χ1v) is 10.2. The molecule has 0 spiro atoms. The minimum absolute atomic E-state index is 0.0607. The van der Waals surface area contributed by atoms with Crippen molar-refractivity contribution in [2.24, 2.45) is 0 Å². The lowest BCUT2D eigenvalue weighted by Crippen LogP contribution is -2.26. The first-order chi connectivity index (χ1) is 13.2. The molecule has 0 radical (unpaired) electrons. The predicted molar refractivity (Wildman–Crippen MR) is 108 cm³/mol. The van der Waals surface area contributed by atoms with Crippen LogP contribution in [-0.4, -0.2) is 19.1 Å². The third-order valence-electron chi connectivity index (χ3n) is 5.30. The van der Waals surface area contributed by atoms with Gasteiger partial charge >= 0.3 is 5.69 Å². The van der Waals surface area contributed by atoms with Crippen LogP contribution in [0, 0.1) is 0 Å². The van der Waals surface area contributed by atoms with E-state index in [1.54, 1.807) is 20.5 Å². The number of H-pyrrole nitrogens is 1. The molecule has 1 aliphatic carbocycles. The van der Waals surface area contributed by atoms with Crippen LogP contribution in [-0.2, 0) is 25.9 Å². The predicted octanol–water partition coefficient (Wildman–Crippen LogP) is 3.05. The van der Waals surface area contributed by atoms with Crippen molar-refractivity contribution in [2.75, 3.05) is 0 Å². The van der Waals surface area contributed by atoms with Crippen molar-refractivity contribution in [3.8, 4) is 0 Å². The van der Waals surface area contributed by atoms with Gasteiger partial charge in [0, 0.05) is 11.4 Å². The lowest BCUT2D eigenvalue weighted by molar-refractivity contribution is 0.630. The number of aryl methyl sites for hydroxylation is 3. The molecule has 4 aromatic rings. The van der Waals surface area contributed by atoms with Gasteiger partial charge in [0.15, 0.2) is 0 Å². The van der Waals surface area contributed by atoms with Gasteiger partial charge in [0.2, 0.25) is 0 Å². The van der Waals surface area contributed by atoms with E-state index in [0.717, 1.165) is 46.9 Å². The highest BCUT2D eigenvalue weighted by Crippen LogP contribution is 2.34. The number of hydrogen-bond acceptors (Lipinski definition) is 4. The Morgan fingerprint density at radius 3 is 2.70 bits per heavy atom. The number of aromatic nitrogens is 4. The molecule has 3 heterocycles. The van der Waals surface area contributed by atoms with E-state index >= 15 is 0 Å². The molecular weight excluding hydrogens is 360 g/mol. The van der Waals surface area contributed by atoms with Crippen LogP contribution >= 0.6 is 11.3 Å². The fraction of sp³-hybridized carbons (Fsp3) is 0.350. The number of rotatable bonds is 4. The van der Waals surface area contributed by atoms with Crippen LogP contribution in [0.2, 0.25) is 0 Å². The lowest BCUT2D eigenvalue weighted by atomic mass is 10.2. The van der Waals surface area contributed by atoms with E-state index in [0.29, 0.717) is 12.4 Å². The van der Waals surface area contributed by atoms with E-state index in [4.69, 9.17) is 4.98 Å². The Hall–Kier alpha value is -2.67. The van der Waals surface area contributed by atoms with Gasteiger partial charge in [-0.3, -0.25) is 13.9 Å². The molecule has 0 amide bonds. The SMILES string of the molecule is CCCn1c(=O)n(Cc2nc3sc4c(c3c(=O)[nH]2)CCC4)c2ccccc21. The highest BCUT2D eigenvalue weighted by Gasteiger charge is 2.21. The van der Waals surface area contributed by atoms with E-state index < -0.39 is 0 Å². The number of aromatic amines is 1. The second-order valence-electron chi connectivity index (χ2n) is 7.06. The number of thiophene rings is 1. The van der Waals surface area contributed by atoms with Gasteiger partial charge in [0.1, 0.15) is 10.7 Å². The molecule has 5 rings (SSSR count). The van der Waals surface area contributed by atoms with Gasteiger partial charge in [0.05, 0.1) is 23.0 Å². The highest BCUT2D eigenvalue weighted by molar-refractivity contribution is 7.18. The highest BCUT2D eigenvalue weighted by atomic mass is 32.1. The number of fused-ring (bicyclic) bond motifs is 4. The summed E-state index contributed by atoms with van der Waals surface area (Å²) in [5, 5.41) is 0.747. The van der Waals surface area contributed by atoms with E-state index in [9.17, 15) is 9.59 Å². The number of imidazole rings is 1. The second kappa shape index (κ2) is 6.20. The Bertz CT molecular complexity index is 1290. The molecule has 27 heavy (non-hydrogen) atoms. The van der Waals surface area contributed by atoms with Crippen molar-refractivity contribution in [1.29, 1.82) is 0 Å². The topological polar surface area (TPSA) is 72.7 Å². The number of para-hydroxylation sites is 2. The summed E-state index contributed by atoms with van der Waals surface area (Å²) < 4.78 is 3.50. The summed E-state index contributed by atoms with van der Waals surface area (Å²) in [4.78, 5) is 35.3. The first-order valence-electron chi connectivity index (χ1n) is 9.39. The Morgan fingerprint density at radius 2 is 1.93 bits per heavy atom. The molecule has 0 saturated carbocycles. The molecule has 0 unspecified atom stereocenters. The molecule has 3 aromatic heterocycles. The van der Waals surface area contributed by atoms with Crippen LogP contribution in [0.25, 0.3) is 21.3 Å².